The first-order valence-corrected chi connectivity index (χ1v) is 11.9. The van der Waals surface area contributed by atoms with E-state index in [9.17, 15) is 15.2 Å². The summed E-state index contributed by atoms with van der Waals surface area (Å²) >= 11 is 0. The van der Waals surface area contributed by atoms with E-state index < -0.39 is 0 Å². The molecule has 0 bridgehead atoms. The van der Waals surface area contributed by atoms with Crippen molar-refractivity contribution >= 4 is 28.2 Å². The van der Waals surface area contributed by atoms with Gasteiger partial charge in [-0.05, 0) is 36.4 Å². The zero-order valence-electron chi connectivity index (χ0n) is 19.8. The van der Waals surface area contributed by atoms with Gasteiger partial charge in [-0.15, -0.1) is 0 Å². The lowest BCUT2D eigenvalue weighted by Crippen LogP contribution is -2.55. The van der Waals surface area contributed by atoms with E-state index in [4.69, 9.17) is 0 Å². The lowest BCUT2D eigenvalue weighted by atomic mass is 9.99. The average molecular weight is 469 g/mol. The van der Waals surface area contributed by atoms with Gasteiger partial charge in [0.15, 0.2) is 0 Å². The molecule has 8 heteroatoms. The summed E-state index contributed by atoms with van der Waals surface area (Å²) in [7, 11) is 0. The Kier molecular flexibility index (Phi) is 6.00. The number of piperazine rings is 1. The number of nitrogens with zero attached hydrogens (tertiary/aromatic N) is 6. The van der Waals surface area contributed by atoms with Crippen molar-refractivity contribution in [3.63, 3.8) is 0 Å². The Morgan fingerprint density at radius 1 is 1.20 bits per heavy atom. The maximum atomic E-state index is 12.3. The number of nitriles is 1. The number of aryl methyl sites for hydroxylation is 1. The molecule has 1 fully saturated rings. The molecule has 1 saturated heterocycles. The summed E-state index contributed by atoms with van der Waals surface area (Å²) in [5.74, 6) is 0.536. The fraction of sp³-hybridized carbons (Fsp3) is 0.333. The highest BCUT2D eigenvalue weighted by Gasteiger charge is 2.33. The van der Waals surface area contributed by atoms with Crippen LogP contribution in [-0.2, 0) is 17.8 Å². The van der Waals surface area contributed by atoms with Crippen molar-refractivity contribution in [1.29, 1.82) is 5.26 Å². The Bertz CT molecular complexity index is 1340. The molecule has 2 aliphatic heterocycles. The summed E-state index contributed by atoms with van der Waals surface area (Å²) in [6.07, 6.45) is 2.26. The fourth-order valence-corrected chi connectivity index (χ4v) is 5.37. The molecule has 1 amide bonds. The molecule has 178 valence electrons. The third-order valence-corrected chi connectivity index (χ3v) is 7.03. The van der Waals surface area contributed by atoms with Gasteiger partial charge in [-0.2, -0.15) is 15.2 Å². The minimum absolute atomic E-state index is 0.168. The number of benzene rings is 2. The second kappa shape index (κ2) is 9.26. The van der Waals surface area contributed by atoms with Gasteiger partial charge in [0.1, 0.15) is 5.82 Å². The van der Waals surface area contributed by atoms with Crippen LogP contribution >= 0.6 is 0 Å². The van der Waals surface area contributed by atoms with Crippen LogP contribution < -0.4 is 9.80 Å². The second-order valence-corrected chi connectivity index (χ2v) is 9.09. The lowest BCUT2D eigenvalue weighted by Gasteiger charge is -2.42. The van der Waals surface area contributed by atoms with E-state index in [1.54, 1.807) is 4.90 Å². The van der Waals surface area contributed by atoms with Crippen molar-refractivity contribution in [2.45, 2.75) is 32.4 Å². The molecule has 3 aromatic rings. The monoisotopic (exact) mass is 468 g/mol. The molecule has 2 aliphatic rings. The van der Waals surface area contributed by atoms with Gasteiger partial charge in [0.2, 0.25) is 5.91 Å². The standard InChI is InChI=1S/C27H28N6O2/c1-3-24(34)33-15-14-32(16-20(33)10-12-28)26-21-11-13-31(17-22(21)29-27(35)30-26)23-9-5-8-19-7-4-6-18(2)25(19)23/h3-9,20H,1,10-11,13-17H2,2H3,(H,29,30,35). The van der Waals surface area contributed by atoms with E-state index in [1.807, 2.05) is 0 Å². The first-order valence-electron chi connectivity index (χ1n) is 11.9. The van der Waals surface area contributed by atoms with Crippen LogP contribution in [0.2, 0.25) is 0 Å². The number of hydrogen-bond acceptors (Lipinski definition) is 7. The predicted molar refractivity (Wildman–Crippen MR) is 135 cm³/mol. The van der Waals surface area contributed by atoms with Gasteiger partial charge < -0.3 is 19.8 Å². The van der Waals surface area contributed by atoms with Crippen LogP contribution in [0.1, 0.15) is 23.2 Å². The zero-order valence-corrected chi connectivity index (χ0v) is 19.8. The smallest absolute Gasteiger partial charge is 0.316 e. The summed E-state index contributed by atoms with van der Waals surface area (Å²) in [6, 6.07) is 14.4. The molecule has 3 heterocycles. The summed E-state index contributed by atoms with van der Waals surface area (Å²) in [5, 5.41) is 22.2. The molecule has 0 radical (unpaired) electrons. The van der Waals surface area contributed by atoms with Crippen molar-refractivity contribution < 1.29 is 9.90 Å². The maximum Gasteiger partial charge on any atom is 0.316 e. The molecule has 35 heavy (non-hydrogen) atoms. The number of carbonyl (C=O) groups is 1. The first kappa shape index (κ1) is 22.7. The highest BCUT2D eigenvalue weighted by molar-refractivity contribution is 5.97. The minimum Gasteiger partial charge on any atom is -0.479 e. The topological polar surface area (TPSA) is 96.6 Å². The fourth-order valence-electron chi connectivity index (χ4n) is 5.37. The highest BCUT2D eigenvalue weighted by Crippen LogP contribution is 2.35. The molecule has 0 saturated carbocycles. The average Bonchev–Trinajstić information content (AvgIpc) is 2.87. The first-order chi connectivity index (χ1) is 17.0. The molecular weight excluding hydrogens is 440 g/mol. The van der Waals surface area contributed by atoms with Gasteiger partial charge in [0.05, 0.1) is 30.8 Å². The van der Waals surface area contributed by atoms with Gasteiger partial charge in [-0.3, -0.25) is 4.79 Å². The SMILES string of the molecule is C=CC(=O)N1CCN(c2nc(O)nc3c2CCN(c2cccc4cccc(C)c24)C3)CC1CC#N. The van der Waals surface area contributed by atoms with Crippen LogP contribution in [0, 0.1) is 18.3 Å². The van der Waals surface area contributed by atoms with Gasteiger partial charge in [-0.1, -0.05) is 36.9 Å². The molecule has 0 aliphatic carbocycles. The largest absolute Gasteiger partial charge is 0.479 e. The van der Waals surface area contributed by atoms with Gasteiger partial charge in [-0.25, -0.2) is 0 Å². The number of aromatic hydroxyl groups is 1. The van der Waals surface area contributed by atoms with Crippen LogP contribution in [0.4, 0.5) is 11.5 Å². The van der Waals surface area contributed by atoms with E-state index >= 15 is 0 Å². The number of anilines is 2. The normalized spacial score (nSPS) is 17.7. The minimum atomic E-state index is -0.259. The van der Waals surface area contributed by atoms with Crippen LogP contribution in [0.3, 0.4) is 0 Å². The second-order valence-electron chi connectivity index (χ2n) is 9.09. The maximum absolute atomic E-state index is 12.3. The summed E-state index contributed by atoms with van der Waals surface area (Å²) in [4.78, 5) is 27.2. The Hall–Kier alpha value is -4.12. The predicted octanol–water partition coefficient (Wildman–Crippen LogP) is 3.32. The Balaban J connectivity index is 1.46. The zero-order chi connectivity index (χ0) is 24.5. The summed E-state index contributed by atoms with van der Waals surface area (Å²) in [5.41, 5.74) is 4.23. The van der Waals surface area contributed by atoms with E-state index in [1.165, 1.54) is 22.4 Å². The van der Waals surface area contributed by atoms with Crippen LogP contribution in [0.25, 0.3) is 10.8 Å². The van der Waals surface area contributed by atoms with Crippen molar-refractivity contribution in [2.75, 3.05) is 36.0 Å². The van der Waals surface area contributed by atoms with E-state index in [2.05, 4.69) is 75.7 Å². The van der Waals surface area contributed by atoms with Crippen LogP contribution in [0.5, 0.6) is 6.01 Å². The summed E-state index contributed by atoms with van der Waals surface area (Å²) < 4.78 is 0. The number of hydrogen-bond donors (Lipinski definition) is 1. The number of carbonyl (C=O) groups excluding carboxylic acids is 1. The van der Waals surface area contributed by atoms with Crippen molar-refractivity contribution in [2.24, 2.45) is 0 Å². The highest BCUT2D eigenvalue weighted by atomic mass is 16.3. The van der Waals surface area contributed by atoms with E-state index in [0.717, 1.165) is 29.9 Å². The Labute approximate surface area is 204 Å². The molecule has 1 N–H and O–H groups in total. The van der Waals surface area contributed by atoms with Crippen molar-refractivity contribution in [3.05, 3.63) is 65.9 Å². The Morgan fingerprint density at radius 2 is 2.00 bits per heavy atom. The van der Waals surface area contributed by atoms with Crippen LogP contribution in [-0.4, -0.2) is 58.1 Å². The van der Waals surface area contributed by atoms with E-state index in [0.29, 0.717) is 32.0 Å². The third-order valence-electron chi connectivity index (χ3n) is 7.03. The number of fused-ring (bicyclic) bond motifs is 2. The lowest BCUT2D eigenvalue weighted by molar-refractivity contribution is -0.128. The summed E-state index contributed by atoms with van der Waals surface area (Å²) in [6.45, 7) is 8.60. The molecule has 1 aromatic heterocycles. The number of rotatable bonds is 4. The van der Waals surface area contributed by atoms with Gasteiger partial charge in [0, 0.05) is 42.8 Å². The van der Waals surface area contributed by atoms with Crippen molar-refractivity contribution in [1.82, 2.24) is 14.9 Å². The quantitative estimate of drug-likeness (QED) is 0.587. The molecule has 5 rings (SSSR count). The molecule has 0 spiro atoms. The van der Waals surface area contributed by atoms with Gasteiger partial charge >= 0.3 is 6.01 Å². The number of amides is 1. The van der Waals surface area contributed by atoms with E-state index in [-0.39, 0.29) is 24.4 Å². The third kappa shape index (κ3) is 4.14. The number of aromatic nitrogens is 2. The molecular formula is C27H28N6O2. The molecule has 1 unspecified atom stereocenters. The van der Waals surface area contributed by atoms with Gasteiger partial charge in [0.25, 0.3) is 0 Å². The molecule has 2 aromatic carbocycles. The Morgan fingerprint density at radius 3 is 2.77 bits per heavy atom. The van der Waals surface area contributed by atoms with Crippen LogP contribution in [0.15, 0.2) is 49.1 Å². The van der Waals surface area contributed by atoms with Crippen molar-refractivity contribution in [3.8, 4) is 12.1 Å². The molecule has 8 nitrogen and oxygen atoms in total. The molecule has 1 atom stereocenters.